The maximum absolute atomic E-state index is 12.0. The fraction of sp³-hybridized carbons (Fsp3) is 0.444. The van der Waals surface area contributed by atoms with Gasteiger partial charge in [0.2, 0.25) is 0 Å². The number of benzene rings is 1. The van der Waals surface area contributed by atoms with Crippen LogP contribution in [0, 0.1) is 19.8 Å². The zero-order valence-corrected chi connectivity index (χ0v) is 17.0. The number of nitrogens with one attached hydrogen (secondary N) is 1. The third-order valence-corrected chi connectivity index (χ3v) is 4.52. The zero-order valence-electron chi connectivity index (χ0n) is 14.0. The van der Waals surface area contributed by atoms with Crippen molar-refractivity contribution in [1.29, 1.82) is 0 Å². The standard InChI is InChI=1S/C13H13N2O2.C5H11.W/c1-8-3-4-9-6-13(7-10(9)5-8)11(16)14-12(17)15(13)2;1-4-5(2)3;/h3-5H,1,6-7H2,2H3,(H,14,16,17);5H,2,4H2,1,3H3;/q2*-1;+2. The van der Waals surface area contributed by atoms with E-state index in [-0.39, 0.29) is 33.0 Å². The summed E-state index contributed by atoms with van der Waals surface area (Å²) < 4.78 is 0. The number of carbonyl (C=O) groups is 2. The summed E-state index contributed by atoms with van der Waals surface area (Å²) in [7, 11) is 1.68. The average molecular weight is 484 g/mol. The first kappa shape index (κ1) is 19.8. The van der Waals surface area contributed by atoms with Crippen LogP contribution in [0.5, 0.6) is 0 Å². The number of hydrogen-bond acceptors (Lipinski definition) is 2. The van der Waals surface area contributed by atoms with E-state index in [1.165, 1.54) is 11.3 Å². The molecule has 4 nitrogen and oxygen atoms in total. The molecule has 1 aliphatic heterocycles. The number of urea groups is 1. The number of carbonyl (C=O) groups excluding carboxylic acids is 2. The molecular weight excluding hydrogens is 460 g/mol. The van der Waals surface area contributed by atoms with Crippen molar-refractivity contribution in [3.8, 4) is 0 Å². The molecule has 124 valence electrons. The SMILES string of the molecule is [CH2-]C(C)CC.[CH2-]c1ccc2c(c1)CC1(C2)C(=O)NC(=O)N1C.[W+2]. The number of hydrogen-bond donors (Lipinski definition) is 1. The molecule has 1 N–H and O–H groups in total. The molecule has 23 heavy (non-hydrogen) atoms. The molecule has 1 saturated heterocycles. The molecule has 2 atom stereocenters. The maximum atomic E-state index is 12.0. The minimum absolute atomic E-state index is 0. The minimum Gasteiger partial charge on any atom is -0.341 e. The molecule has 1 fully saturated rings. The summed E-state index contributed by atoms with van der Waals surface area (Å²) in [4.78, 5) is 25.1. The van der Waals surface area contributed by atoms with Crippen molar-refractivity contribution in [3.63, 3.8) is 0 Å². The van der Waals surface area contributed by atoms with Gasteiger partial charge in [-0.1, -0.05) is 31.4 Å². The van der Waals surface area contributed by atoms with E-state index < -0.39 is 5.54 Å². The molecule has 1 aromatic rings. The fourth-order valence-electron chi connectivity index (χ4n) is 2.75. The average Bonchev–Trinajstić information content (AvgIpc) is 2.94. The van der Waals surface area contributed by atoms with E-state index >= 15 is 0 Å². The van der Waals surface area contributed by atoms with Gasteiger partial charge in [-0.3, -0.25) is 10.1 Å². The summed E-state index contributed by atoms with van der Waals surface area (Å²) in [6.07, 6.45) is 2.37. The van der Waals surface area contributed by atoms with Crippen molar-refractivity contribution in [2.24, 2.45) is 5.92 Å². The van der Waals surface area contributed by atoms with Crippen LogP contribution in [-0.2, 0) is 38.7 Å². The molecule has 0 bridgehead atoms. The number of imide groups is 1. The Hall–Kier alpha value is -1.28. The summed E-state index contributed by atoms with van der Waals surface area (Å²) in [5.74, 6) is 0.446. The van der Waals surface area contributed by atoms with Crippen LogP contribution in [0.25, 0.3) is 0 Å². The first-order valence-corrected chi connectivity index (χ1v) is 7.66. The molecule has 0 radical (unpaired) electrons. The van der Waals surface area contributed by atoms with Crippen molar-refractivity contribution in [2.75, 3.05) is 7.05 Å². The Morgan fingerprint density at radius 1 is 1.30 bits per heavy atom. The first-order valence-electron chi connectivity index (χ1n) is 7.66. The minimum atomic E-state index is -0.715. The van der Waals surface area contributed by atoms with E-state index in [0.717, 1.165) is 16.7 Å². The van der Waals surface area contributed by atoms with E-state index in [1.807, 2.05) is 18.2 Å². The summed E-state index contributed by atoms with van der Waals surface area (Å²) in [5.41, 5.74) is 2.48. The topological polar surface area (TPSA) is 49.4 Å². The molecule has 1 aliphatic carbocycles. The second-order valence-corrected chi connectivity index (χ2v) is 6.32. The van der Waals surface area contributed by atoms with Gasteiger partial charge < -0.3 is 11.8 Å². The van der Waals surface area contributed by atoms with E-state index in [1.54, 1.807) is 7.05 Å². The van der Waals surface area contributed by atoms with E-state index in [0.29, 0.717) is 18.8 Å². The van der Waals surface area contributed by atoms with E-state index in [2.05, 4.69) is 33.0 Å². The molecular formula is C18H24N2O2W. The molecule has 5 heteroatoms. The van der Waals surface area contributed by atoms with Crippen LogP contribution in [0.3, 0.4) is 0 Å². The van der Waals surface area contributed by atoms with Crippen molar-refractivity contribution < 1.29 is 30.7 Å². The Balaban J connectivity index is 0.000000390. The monoisotopic (exact) mass is 484 g/mol. The Morgan fingerprint density at radius 2 is 1.87 bits per heavy atom. The molecule has 1 heterocycles. The van der Waals surface area contributed by atoms with Crippen LogP contribution in [0.4, 0.5) is 4.79 Å². The molecule has 2 aliphatic rings. The molecule has 1 aromatic carbocycles. The smallest absolute Gasteiger partial charge is 0.341 e. The summed E-state index contributed by atoms with van der Waals surface area (Å²) in [6, 6.07) is 5.62. The molecule has 1 spiro atoms. The van der Waals surface area contributed by atoms with Gasteiger partial charge >= 0.3 is 27.1 Å². The second kappa shape index (κ2) is 7.53. The van der Waals surface area contributed by atoms with Crippen molar-refractivity contribution in [1.82, 2.24) is 10.2 Å². The predicted molar refractivity (Wildman–Crippen MR) is 87.2 cm³/mol. The van der Waals surface area contributed by atoms with Gasteiger partial charge in [-0.15, -0.1) is 6.07 Å². The van der Waals surface area contributed by atoms with Crippen molar-refractivity contribution in [2.45, 2.75) is 38.6 Å². The molecule has 0 saturated carbocycles. The normalized spacial score (nSPS) is 22.9. The third-order valence-electron chi connectivity index (χ3n) is 4.52. The van der Waals surface area contributed by atoms with E-state index in [4.69, 9.17) is 0 Å². The quantitative estimate of drug-likeness (QED) is 0.493. The van der Waals surface area contributed by atoms with Crippen LogP contribution in [0.15, 0.2) is 18.2 Å². The number of amides is 3. The number of fused-ring (bicyclic) bond motifs is 1. The summed E-state index contributed by atoms with van der Waals surface area (Å²) in [6.45, 7) is 11.9. The molecule has 3 rings (SSSR count). The Morgan fingerprint density at radius 3 is 2.35 bits per heavy atom. The van der Waals surface area contributed by atoms with Gasteiger partial charge in [0.1, 0.15) is 5.54 Å². The van der Waals surface area contributed by atoms with Gasteiger partial charge in [-0.2, -0.15) is 30.5 Å². The Bertz CT molecular complexity index is 601. The number of rotatable bonds is 1. The predicted octanol–water partition coefficient (Wildman–Crippen LogP) is 2.75. The number of nitrogens with zero attached hydrogens (tertiary/aromatic N) is 1. The first-order chi connectivity index (χ1) is 10.3. The van der Waals surface area contributed by atoms with Crippen LogP contribution < -0.4 is 5.32 Å². The zero-order chi connectivity index (χ0) is 16.5. The second-order valence-electron chi connectivity index (χ2n) is 6.32. The van der Waals surface area contributed by atoms with Gasteiger partial charge in [0.05, 0.1) is 0 Å². The molecule has 0 aromatic heterocycles. The van der Waals surface area contributed by atoms with Gasteiger partial charge in [-0.05, 0) is 6.42 Å². The summed E-state index contributed by atoms with van der Waals surface area (Å²) >= 11 is 0. The van der Waals surface area contributed by atoms with Gasteiger partial charge in [0, 0.05) is 13.5 Å². The van der Waals surface area contributed by atoms with Crippen LogP contribution in [-0.4, -0.2) is 29.4 Å². The molecule has 3 amide bonds. The summed E-state index contributed by atoms with van der Waals surface area (Å²) in [5, 5.41) is 2.38. The van der Waals surface area contributed by atoms with Crippen LogP contribution >= 0.6 is 0 Å². The van der Waals surface area contributed by atoms with E-state index in [9.17, 15) is 9.59 Å². The Kier molecular flexibility index (Phi) is 6.47. The molecule has 2 unspecified atom stereocenters. The van der Waals surface area contributed by atoms with Crippen LogP contribution in [0.1, 0.15) is 37.0 Å². The van der Waals surface area contributed by atoms with Gasteiger partial charge in [0.15, 0.2) is 0 Å². The fourth-order valence-corrected chi connectivity index (χ4v) is 2.75. The van der Waals surface area contributed by atoms with Gasteiger partial charge in [-0.25, -0.2) is 4.79 Å². The third kappa shape index (κ3) is 3.80. The van der Waals surface area contributed by atoms with Gasteiger partial charge in [0.25, 0.3) is 5.91 Å². The van der Waals surface area contributed by atoms with Crippen molar-refractivity contribution in [3.05, 3.63) is 48.7 Å². The largest absolute Gasteiger partial charge is 2.00 e. The Labute approximate surface area is 153 Å². The van der Waals surface area contributed by atoms with Crippen molar-refractivity contribution >= 4 is 11.9 Å². The maximum Gasteiger partial charge on any atom is 2.00 e. The van der Waals surface area contributed by atoms with Crippen LogP contribution in [0.2, 0.25) is 0 Å². The number of likely N-dealkylation sites (N-methyl/N-ethyl adjacent to an activating group) is 1.